The molecule has 0 radical (unpaired) electrons. The van der Waals surface area contributed by atoms with Gasteiger partial charge in [-0.15, -0.1) is 0 Å². The van der Waals surface area contributed by atoms with Gasteiger partial charge in [0.2, 0.25) is 11.8 Å². The molecule has 244 valence electrons. The van der Waals surface area contributed by atoms with Crippen molar-refractivity contribution in [3.05, 3.63) is 0 Å². The summed E-state index contributed by atoms with van der Waals surface area (Å²) in [4.78, 5) is 24.9. The Morgan fingerprint density at radius 2 is 0.805 bits per heavy atom. The summed E-state index contributed by atoms with van der Waals surface area (Å²) in [7, 11) is 0. The van der Waals surface area contributed by atoms with Crippen LogP contribution in [0.3, 0.4) is 0 Å². The van der Waals surface area contributed by atoms with E-state index in [1.54, 1.807) is 0 Å². The van der Waals surface area contributed by atoms with Gasteiger partial charge in [0.25, 0.3) is 0 Å². The number of rotatable bonds is 26. The molecule has 3 N–H and O–H groups in total. The van der Waals surface area contributed by atoms with Crippen LogP contribution in [-0.2, 0) is 38.0 Å². The van der Waals surface area contributed by atoms with Crippen LogP contribution in [0.15, 0.2) is 0 Å². The van der Waals surface area contributed by atoms with Crippen LogP contribution < -0.4 is 16.0 Å². The highest BCUT2D eigenvalue weighted by Gasteiger charge is 2.17. The summed E-state index contributed by atoms with van der Waals surface area (Å²) >= 11 is 0. The Morgan fingerprint density at radius 1 is 0.488 bits per heavy atom. The molecule has 0 saturated heterocycles. The Balaban J connectivity index is 4.47. The minimum atomic E-state index is -0.214. The molecule has 0 aromatic carbocycles. The van der Waals surface area contributed by atoms with Gasteiger partial charge in [-0.05, 0) is 55.4 Å². The average Bonchev–Trinajstić information content (AvgIpc) is 2.86. The topological polar surface area (TPSA) is 126 Å². The van der Waals surface area contributed by atoms with E-state index in [1.807, 2.05) is 69.2 Å². The molecule has 0 unspecified atom stereocenters. The van der Waals surface area contributed by atoms with Gasteiger partial charge in [-0.25, -0.2) is 0 Å². The molecule has 0 rings (SSSR count). The lowest BCUT2D eigenvalue weighted by Crippen LogP contribution is -2.44. The van der Waals surface area contributed by atoms with E-state index in [9.17, 15) is 9.59 Å². The molecule has 0 aromatic rings. The van der Waals surface area contributed by atoms with Crippen LogP contribution in [0.4, 0.5) is 0 Å². The third kappa shape index (κ3) is 26.1. The average molecular weight is 592 g/mol. The molecular weight excluding hydrogens is 530 g/mol. The van der Waals surface area contributed by atoms with Crippen molar-refractivity contribution in [3.8, 4) is 0 Å². The van der Waals surface area contributed by atoms with Crippen LogP contribution in [0.25, 0.3) is 0 Å². The SMILES string of the molecule is CC(C)NC(COCCC(=O)NC(COC(C)C)COC(C)C)COCCC(=O)NC(COC(C)C)COC(C)C. The van der Waals surface area contributed by atoms with Crippen molar-refractivity contribution in [1.29, 1.82) is 0 Å². The van der Waals surface area contributed by atoms with Crippen molar-refractivity contribution >= 4 is 11.8 Å². The molecule has 0 spiro atoms. The second kappa shape index (κ2) is 24.1. The van der Waals surface area contributed by atoms with E-state index in [2.05, 4.69) is 16.0 Å². The molecule has 2 amide bonds. The van der Waals surface area contributed by atoms with Gasteiger partial charge in [0, 0.05) is 18.9 Å². The van der Waals surface area contributed by atoms with Crippen LogP contribution in [0.1, 0.15) is 82.1 Å². The molecule has 0 saturated carbocycles. The fraction of sp³-hybridized carbons (Fsp3) is 0.933. The van der Waals surface area contributed by atoms with Crippen molar-refractivity contribution in [2.75, 3.05) is 52.9 Å². The van der Waals surface area contributed by atoms with E-state index in [4.69, 9.17) is 28.4 Å². The van der Waals surface area contributed by atoms with Gasteiger partial charge in [-0.2, -0.15) is 0 Å². The molecule has 0 fully saturated rings. The summed E-state index contributed by atoms with van der Waals surface area (Å²) in [5, 5.41) is 9.37. The van der Waals surface area contributed by atoms with Gasteiger partial charge >= 0.3 is 0 Å². The van der Waals surface area contributed by atoms with Gasteiger partial charge in [-0.3, -0.25) is 9.59 Å². The summed E-state index contributed by atoms with van der Waals surface area (Å²) in [5.41, 5.74) is 0. The van der Waals surface area contributed by atoms with Crippen LogP contribution in [-0.4, -0.2) is 113 Å². The number of hydrogen-bond donors (Lipinski definition) is 3. The minimum Gasteiger partial charge on any atom is -0.379 e. The highest BCUT2D eigenvalue weighted by atomic mass is 16.5. The number of carbonyl (C=O) groups excluding carboxylic acids is 2. The highest BCUT2D eigenvalue weighted by Crippen LogP contribution is 2.00. The molecular formula is C30H61N3O8. The Morgan fingerprint density at radius 3 is 1.07 bits per heavy atom. The first-order valence-electron chi connectivity index (χ1n) is 15.2. The van der Waals surface area contributed by atoms with Crippen LogP contribution in [0.2, 0.25) is 0 Å². The molecule has 0 bridgehead atoms. The summed E-state index contributed by atoms with van der Waals surface area (Å²) < 4.78 is 34.3. The minimum absolute atomic E-state index is 0.0700. The number of ether oxygens (including phenoxy) is 6. The Bertz CT molecular complexity index is 588. The Labute approximate surface area is 249 Å². The van der Waals surface area contributed by atoms with Gasteiger partial charge in [-0.1, -0.05) is 13.8 Å². The lowest BCUT2D eigenvalue weighted by Gasteiger charge is -2.23. The Kier molecular flexibility index (Phi) is 23.3. The van der Waals surface area contributed by atoms with Gasteiger partial charge in [0.1, 0.15) is 0 Å². The van der Waals surface area contributed by atoms with Crippen LogP contribution in [0, 0.1) is 0 Å². The second-order valence-corrected chi connectivity index (χ2v) is 11.7. The Hall–Kier alpha value is -1.34. The quantitative estimate of drug-likeness (QED) is 0.130. The van der Waals surface area contributed by atoms with E-state index < -0.39 is 0 Å². The van der Waals surface area contributed by atoms with E-state index in [1.165, 1.54) is 0 Å². The standard InChI is InChI=1S/C30H61N3O8/c1-21(2)31-26(15-36-13-11-29(34)32-27(17-38-22(3)4)18-39-23(5)6)16-37-14-12-30(35)33-28(19-40-24(7)8)20-41-25(9)10/h21-28,31H,11-20H2,1-10H3,(H,32,34)(H,33,35). The lowest BCUT2D eigenvalue weighted by molar-refractivity contribution is -0.125. The van der Waals surface area contributed by atoms with E-state index in [0.717, 1.165) is 0 Å². The molecule has 0 aromatic heterocycles. The molecule has 0 aliphatic rings. The molecule has 41 heavy (non-hydrogen) atoms. The van der Waals surface area contributed by atoms with Crippen LogP contribution >= 0.6 is 0 Å². The zero-order valence-electron chi connectivity index (χ0n) is 27.5. The fourth-order valence-electron chi connectivity index (χ4n) is 3.49. The number of carbonyl (C=O) groups is 2. The predicted octanol–water partition coefficient (Wildman–Crippen LogP) is 2.84. The lowest BCUT2D eigenvalue weighted by atomic mass is 10.2. The first kappa shape index (κ1) is 39.7. The normalized spacial score (nSPS) is 12.3. The number of amides is 2. The smallest absolute Gasteiger partial charge is 0.222 e. The van der Waals surface area contributed by atoms with Crippen molar-refractivity contribution in [2.24, 2.45) is 0 Å². The zero-order chi connectivity index (χ0) is 31.2. The second-order valence-electron chi connectivity index (χ2n) is 11.7. The first-order valence-corrected chi connectivity index (χ1v) is 15.2. The first-order chi connectivity index (χ1) is 19.3. The molecule has 0 aliphatic carbocycles. The largest absolute Gasteiger partial charge is 0.379 e. The van der Waals surface area contributed by atoms with Gasteiger partial charge in [0.05, 0.1) is 95.4 Å². The third-order valence-corrected chi connectivity index (χ3v) is 5.41. The maximum absolute atomic E-state index is 12.5. The maximum Gasteiger partial charge on any atom is 0.222 e. The maximum atomic E-state index is 12.5. The van der Waals surface area contributed by atoms with Crippen molar-refractivity contribution in [1.82, 2.24) is 16.0 Å². The van der Waals surface area contributed by atoms with E-state index in [0.29, 0.717) is 39.6 Å². The molecule has 0 aliphatic heterocycles. The molecule has 0 atom stereocenters. The molecule has 0 heterocycles. The highest BCUT2D eigenvalue weighted by molar-refractivity contribution is 5.76. The zero-order valence-corrected chi connectivity index (χ0v) is 27.5. The summed E-state index contributed by atoms with van der Waals surface area (Å²) in [5.74, 6) is -0.220. The summed E-state index contributed by atoms with van der Waals surface area (Å²) in [6.45, 7) is 22.7. The monoisotopic (exact) mass is 591 g/mol. The fourth-order valence-corrected chi connectivity index (χ4v) is 3.49. The van der Waals surface area contributed by atoms with Gasteiger partial charge < -0.3 is 44.4 Å². The van der Waals surface area contributed by atoms with Crippen molar-refractivity contribution in [3.63, 3.8) is 0 Å². The number of hydrogen-bond acceptors (Lipinski definition) is 9. The van der Waals surface area contributed by atoms with E-state index in [-0.39, 0.29) is 86.5 Å². The predicted molar refractivity (Wildman–Crippen MR) is 161 cm³/mol. The van der Waals surface area contributed by atoms with E-state index >= 15 is 0 Å². The number of nitrogens with one attached hydrogen (secondary N) is 3. The summed E-state index contributed by atoms with van der Waals surface area (Å²) in [6, 6.07) is -0.272. The van der Waals surface area contributed by atoms with Gasteiger partial charge in [0.15, 0.2) is 0 Å². The van der Waals surface area contributed by atoms with Crippen molar-refractivity contribution in [2.45, 2.75) is 131 Å². The van der Waals surface area contributed by atoms with Crippen molar-refractivity contribution < 1.29 is 38.0 Å². The molecule has 11 heteroatoms. The van der Waals surface area contributed by atoms with Crippen LogP contribution in [0.5, 0.6) is 0 Å². The molecule has 11 nitrogen and oxygen atoms in total. The third-order valence-electron chi connectivity index (χ3n) is 5.41. The summed E-state index contributed by atoms with van der Waals surface area (Å²) in [6.07, 6.45) is 0.761.